The van der Waals surface area contributed by atoms with Crippen LogP contribution < -0.4 is 5.32 Å². The number of carbonyl (C=O) groups excluding carboxylic acids is 1. The molecule has 0 saturated heterocycles. The van der Waals surface area contributed by atoms with Gasteiger partial charge in [0.25, 0.3) is 0 Å². The third-order valence-electron chi connectivity index (χ3n) is 3.56. The lowest BCUT2D eigenvalue weighted by Gasteiger charge is -2.38. The first-order valence-electron chi connectivity index (χ1n) is 7.29. The average molecular weight is 391 g/mol. The van der Waals surface area contributed by atoms with Crippen LogP contribution in [0, 0.1) is 5.92 Å². The number of unbranched alkanes of at least 4 members (excludes halogenated alkanes) is 1. The molecule has 0 fully saturated rings. The summed E-state index contributed by atoms with van der Waals surface area (Å²) in [5.41, 5.74) is -6.41. The zero-order valence-corrected chi connectivity index (χ0v) is 13.3. The number of hydrogen-bond acceptors (Lipinski definition) is 2. The Morgan fingerprint density at radius 2 is 1.36 bits per heavy atom. The molecule has 1 N–H and O–H groups in total. The second-order valence-electron chi connectivity index (χ2n) is 5.38. The SMILES string of the molecule is CCCCC(CC)COC(=O)NC(C(F)(F)F)(C(F)(F)F)C(F)(F)F. The highest BCUT2D eigenvalue weighted by Gasteiger charge is 2.85. The van der Waals surface area contributed by atoms with Gasteiger partial charge in [-0.1, -0.05) is 33.1 Å². The van der Waals surface area contributed by atoms with Crippen molar-refractivity contribution in [2.45, 2.75) is 63.6 Å². The Morgan fingerprint density at radius 1 is 0.920 bits per heavy atom. The Kier molecular flexibility index (Phi) is 7.89. The summed E-state index contributed by atoms with van der Waals surface area (Å²) in [6.07, 6.45) is -20.8. The fourth-order valence-electron chi connectivity index (χ4n) is 1.98. The molecule has 0 saturated carbocycles. The van der Waals surface area contributed by atoms with E-state index in [0.717, 1.165) is 6.42 Å². The topological polar surface area (TPSA) is 38.3 Å². The second-order valence-corrected chi connectivity index (χ2v) is 5.38. The van der Waals surface area contributed by atoms with Crippen LogP contribution in [0.5, 0.6) is 0 Å². The van der Waals surface area contributed by atoms with Crippen LogP contribution in [0.3, 0.4) is 0 Å². The number of ether oxygens (including phenoxy) is 1. The first kappa shape index (κ1) is 23.6. The van der Waals surface area contributed by atoms with Gasteiger partial charge < -0.3 is 4.74 Å². The molecule has 0 aliphatic rings. The molecule has 150 valence electrons. The molecule has 25 heavy (non-hydrogen) atoms. The lowest BCUT2D eigenvalue weighted by molar-refractivity contribution is -0.387. The molecule has 12 heteroatoms. The lowest BCUT2D eigenvalue weighted by atomic mass is 9.97. The minimum absolute atomic E-state index is 0.0502. The monoisotopic (exact) mass is 391 g/mol. The standard InChI is InChI=1S/C13H18F9NO2/c1-3-5-6-8(4-2)7-25-9(24)23-10(11(14,15)16,12(17,18)19)13(20,21)22/h8H,3-7H2,1-2H3,(H,23,24). The van der Waals surface area contributed by atoms with Gasteiger partial charge in [0.1, 0.15) is 0 Å². The molecular weight excluding hydrogens is 373 g/mol. The number of nitrogens with one attached hydrogen (secondary N) is 1. The molecule has 0 spiro atoms. The first-order chi connectivity index (χ1) is 11.1. The summed E-state index contributed by atoms with van der Waals surface area (Å²) in [7, 11) is 0. The number of carbonyl (C=O) groups is 1. The van der Waals surface area contributed by atoms with Crippen LogP contribution in [0.2, 0.25) is 0 Å². The van der Waals surface area contributed by atoms with E-state index in [9.17, 15) is 44.3 Å². The predicted octanol–water partition coefficient (Wildman–Crippen LogP) is 5.35. The molecule has 0 aromatic heterocycles. The highest BCUT2D eigenvalue weighted by atomic mass is 19.4. The average Bonchev–Trinajstić information content (AvgIpc) is 2.40. The van der Waals surface area contributed by atoms with Gasteiger partial charge in [0.2, 0.25) is 0 Å². The molecule has 0 radical (unpaired) electrons. The minimum atomic E-state index is -6.87. The first-order valence-corrected chi connectivity index (χ1v) is 7.29. The smallest absolute Gasteiger partial charge is 0.429 e. The van der Waals surface area contributed by atoms with E-state index < -0.39 is 36.8 Å². The Morgan fingerprint density at radius 3 is 1.68 bits per heavy atom. The summed E-state index contributed by atoms with van der Waals surface area (Å²) < 4.78 is 118. The molecule has 0 aromatic rings. The summed E-state index contributed by atoms with van der Waals surface area (Å²) in [4.78, 5) is 11.3. The molecule has 1 unspecified atom stereocenters. The van der Waals surface area contributed by atoms with Crippen LogP contribution in [0.1, 0.15) is 39.5 Å². The maximum Gasteiger partial charge on any atom is 0.429 e. The quantitative estimate of drug-likeness (QED) is 0.594. The number of rotatable bonds is 7. The highest BCUT2D eigenvalue weighted by molar-refractivity contribution is 5.69. The van der Waals surface area contributed by atoms with Gasteiger partial charge in [0, 0.05) is 0 Å². The van der Waals surface area contributed by atoms with Gasteiger partial charge in [-0.15, -0.1) is 0 Å². The second kappa shape index (κ2) is 8.35. The van der Waals surface area contributed by atoms with Crippen LogP contribution >= 0.6 is 0 Å². The third-order valence-corrected chi connectivity index (χ3v) is 3.56. The molecule has 3 nitrogen and oxygen atoms in total. The van der Waals surface area contributed by atoms with Crippen molar-refractivity contribution in [2.24, 2.45) is 5.92 Å². The summed E-state index contributed by atoms with van der Waals surface area (Å²) >= 11 is 0. The highest BCUT2D eigenvalue weighted by Crippen LogP contribution is 2.52. The van der Waals surface area contributed by atoms with E-state index in [0.29, 0.717) is 19.3 Å². The van der Waals surface area contributed by atoms with E-state index in [-0.39, 0.29) is 11.2 Å². The number of alkyl halides is 9. The Bertz CT molecular complexity index is 393. The molecule has 0 bridgehead atoms. The molecule has 0 aromatic carbocycles. The summed E-state index contributed by atoms with van der Waals surface area (Å²) in [6, 6.07) is 0. The zero-order chi connectivity index (χ0) is 20.1. The summed E-state index contributed by atoms with van der Waals surface area (Å²) in [5.74, 6) is -0.386. The lowest BCUT2D eigenvalue weighted by Crippen LogP contribution is -2.75. The van der Waals surface area contributed by atoms with Gasteiger partial charge in [-0.25, -0.2) is 4.79 Å². The fourth-order valence-corrected chi connectivity index (χ4v) is 1.98. The van der Waals surface area contributed by atoms with E-state index in [2.05, 4.69) is 4.74 Å². The van der Waals surface area contributed by atoms with Gasteiger partial charge in [0.15, 0.2) is 0 Å². The van der Waals surface area contributed by atoms with Gasteiger partial charge in [-0.2, -0.15) is 39.5 Å². The van der Waals surface area contributed by atoms with Gasteiger partial charge in [-0.05, 0) is 12.3 Å². The molecule has 1 amide bonds. The summed E-state index contributed by atoms with van der Waals surface area (Å²) in [6.45, 7) is 2.86. The molecule has 0 aliphatic carbocycles. The number of amides is 1. The number of hydrogen-bond donors (Lipinski definition) is 1. The number of halogens is 9. The maximum absolute atomic E-state index is 12.6. The van der Waals surface area contributed by atoms with E-state index >= 15 is 0 Å². The van der Waals surface area contributed by atoms with Gasteiger partial charge in [0.05, 0.1) is 6.61 Å². The van der Waals surface area contributed by atoms with Crippen molar-refractivity contribution in [3.05, 3.63) is 0 Å². The zero-order valence-electron chi connectivity index (χ0n) is 13.3. The van der Waals surface area contributed by atoms with Gasteiger partial charge >= 0.3 is 30.2 Å². The Hall–Kier alpha value is -1.36. The van der Waals surface area contributed by atoms with Crippen LogP contribution in [0.25, 0.3) is 0 Å². The van der Waals surface area contributed by atoms with Crippen LogP contribution in [0.4, 0.5) is 44.3 Å². The predicted molar refractivity (Wildman–Crippen MR) is 68.7 cm³/mol. The Balaban J connectivity index is 5.38. The van der Waals surface area contributed by atoms with E-state index in [1.807, 2.05) is 6.92 Å². The van der Waals surface area contributed by atoms with Crippen molar-refractivity contribution in [3.8, 4) is 0 Å². The van der Waals surface area contributed by atoms with Crippen LogP contribution in [0.15, 0.2) is 0 Å². The van der Waals surface area contributed by atoms with Crippen molar-refractivity contribution >= 4 is 6.09 Å². The van der Waals surface area contributed by atoms with E-state index in [1.54, 1.807) is 6.92 Å². The molecular formula is C13H18F9NO2. The van der Waals surface area contributed by atoms with Crippen molar-refractivity contribution in [2.75, 3.05) is 6.61 Å². The van der Waals surface area contributed by atoms with E-state index in [1.165, 1.54) is 0 Å². The van der Waals surface area contributed by atoms with Crippen molar-refractivity contribution < 1.29 is 49.0 Å². The molecule has 0 heterocycles. The third kappa shape index (κ3) is 5.56. The normalized spacial score (nSPS) is 15.0. The van der Waals surface area contributed by atoms with Crippen molar-refractivity contribution in [1.29, 1.82) is 0 Å². The van der Waals surface area contributed by atoms with E-state index in [4.69, 9.17) is 0 Å². The molecule has 1 atom stereocenters. The number of alkyl carbamates (subject to hydrolysis) is 1. The molecule has 0 rings (SSSR count). The fraction of sp³-hybridized carbons (Fsp3) is 0.923. The maximum atomic E-state index is 12.6. The summed E-state index contributed by atoms with van der Waals surface area (Å²) in [5, 5.41) is -0.0502. The van der Waals surface area contributed by atoms with Crippen molar-refractivity contribution in [3.63, 3.8) is 0 Å². The van der Waals surface area contributed by atoms with Crippen LogP contribution in [-0.4, -0.2) is 36.8 Å². The minimum Gasteiger partial charge on any atom is -0.449 e. The molecule has 0 aliphatic heterocycles. The van der Waals surface area contributed by atoms with Crippen LogP contribution in [-0.2, 0) is 4.74 Å². The largest absolute Gasteiger partial charge is 0.449 e. The van der Waals surface area contributed by atoms with Crippen molar-refractivity contribution in [1.82, 2.24) is 5.32 Å². The van der Waals surface area contributed by atoms with Gasteiger partial charge in [-0.3, -0.25) is 5.32 Å². The Labute approximate surface area is 137 Å².